The summed E-state index contributed by atoms with van der Waals surface area (Å²) in [6, 6.07) is 10.5. The quantitative estimate of drug-likeness (QED) is 0.733. The van der Waals surface area contributed by atoms with Crippen molar-refractivity contribution in [3.8, 4) is 0 Å². The fourth-order valence-electron chi connectivity index (χ4n) is 2.55. The zero-order chi connectivity index (χ0) is 11.4. The molecule has 0 spiro atoms. The van der Waals surface area contributed by atoms with Gasteiger partial charge in [0.05, 0.1) is 12.2 Å². The molecule has 1 nitrogen and oxygen atoms in total. The van der Waals surface area contributed by atoms with Crippen molar-refractivity contribution in [3.05, 3.63) is 35.9 Å². The third-order valence-corrected chi connectivity index (χ3v) is 3.68. The summed E-state index contributed by atoms with van der Waals surface area (Å²) < 4.78 is 6.19. The zero-order valence-corrected chi connectivity index (χ0v) is 10.4. The lowest BCUT2D eigenvalue weighted by molar-refractivity contribution is -0.0494. The predicted molar refractivity (Wildman–Crippen MR) is 67.4 cm³/mol. The Hall–Kier alpha value is -0.820. The smallest absolute Gasteiger partial charge is 0.0800 e. The zero-order valence-electron chi connectivity index (χ0n) is 10.4. The molecule has 1 heteroatoms. The molecule has 3 atom stereocenters. The Bertz CT molecular complexity index is 306. The van der Waals surface area contributed by atoms with E-state index in [1.54, 1.807) is 0 Å². The van der Waals surface area contributed by atoms with Gasteiger partial charge >= 0.3 is 0 Å². The first-order valence-corrected chi connectivity index (χ1v) is 6.48. The summed E-state index contributed by atoms with van der Waals surface area (Å²) in [6.45, 7) is 4.48. The van der Waals surface area contributed by atoms with Gasteiger partial charge in [0.15, 0.2) is 0 Å². The molecule has 0 aromatic heterocycles. The Balaban J connectivity index is 1.94. The van der Waals surface area contributed by atoms with Gasteiger partial charge in [0.2, 0.25) is 0 Å². The predicted octanol–water partition coefficient (Wildman–Crippen LogP) is 4.34. The van der Waals surface area contributed by atoms with Crippen LogP contribution in [-0.4, -0.2) is 6.10 Å². The molecular formula is C15H22O. The fraction of sp³-hybridized carbons (Fsp3) is 0.600. The SMILES string of the molecule is CC(O[C@@H]1CCCC[C@H]1C)c1ccccc1. The van der Waals surface area contributed by atoms with Gasteiger partial charge in [0.1, 0.15) is 0 Å². The molecule has 1 aromatic carbocycles. The largest absolute Gasteiger partial charge is 0.370 e. The van der Waals surface area contributed by atoms with E-state index in [-0.39, 0.29) is 6.10 Å². The highest BCUT2D eigenvalue weighted by molar-refractivity contribution is 5.16. The van der Waals surface area contributed by atoms with E-state index in [2.05, 4.69) is 44.2 Å². The standard InChI is InChI=1S/C15H22O/c1-12-8-6-7-11-15(12)16-13(2)14-9-4-3-5-10-14/h3-5,9-10,12-13,15H,6-8,11H2,1-2H3/t12-,13?,15-/m1/s1. The van der Waals surface area contributed by atoms with Crippen molar-refractivity contribution in [3.63, 3.8) is 0 Å². The average Bonchev–Trinajstić information content (AvgIpc) is 2.33. The van der Waals surface area contributed by atoms with Crippen LogP contribution in [0.2, 0.25) is 0 Å². The fourth-order valence-corrected chi connectivity index (χ4v) is 2.55. The molecule has 0 aliphatic heterocycles. The Morgan fingerprint density at radius 3 is 2.50 bits per heavy atom. The maximum absolute atomic E-state index is 6.19. The number of benzene rings is 1. The van der Waals surface area contributed by atoms with Crippen LogP contribution in [0.25, 0.3) is 0 Å². The second kappa shape index (κ2) is 5.49. The first kappa shape index (κ1) is 11.7. The van der Waals surface area contributed by atoms with E-state index in [0.717, 1.165) is 5.92 Å². The van der Waals surface area contributed by atoms with Crippen molar-refractivity contribution in [1.29, 1.82) is 0 Å². The summed E-state index contributed by atoms with van der Waals surface area (Å²) in [7, 11) is 0. The van der Waals surface area contributed by atoms with Gasteiger partial charge in [-0.2, -0.15) is 0 Å². The lowest BCUT2D eigenvalue weighted by Gasteiger charge is -2.31. The monoisotopic (exact) mass is 218 g/mol. The number of ether oxygens (including phenoxy) is 1. The summed E-state index contributed by atoms with van der Waals surface area (Å²) >= 11 is 0. The molecule has 1 saturated carbocycles. The van der Waals surface area contributed by atoms with Crippen molar-refractivity contribution in [1.82, 2.24) is 0 Å². The van der Waals surface area contributed by atoms with E-state index in [9.17, 15) is 0 Å². The summed E-state index contributed by atoms with van der Waals surface area (Å²) in [5.74, 6) is 0.722. The van der Waals surface area contributed by atoms with Gasteiger partial charge in [-0.15, -0.1) is 0 Å². The summed E-state index contributed by atoms with van der Waals surface area (Å²) in [5.41, 5.74) is 1.29. The topological polar surface area (TPSA) is 9.23 Å². The highest BCUT2D eigenvalue weighted by atomic mass is 16.5. The molecule has 0 radical (unpaired) electrons. The van der Waals surface area contributed by atoms with E-state index in [0.29, 0.717) is 6.10 Å². The molecule has 1 aromatic rings. The summed E-state index contributed by atoms with van der Waals surface area (Å²) in [5, 5.41) is 0. The third-order valence-electron chi connectivity index (χ3n) is 3.68. The highest BCUT2D eigenvalue weighted by Crippen LogP contribution is 2.30. The van der Waals surface area contributed by atoms with Gasteiger partial charge in [-0.1, -0.05) is 50.1 Å². The number of rotatable bonds is 3. The Kier molecular flexibility index (Phi) is 4.00. The lowest BCUT2D eigenvalue weighted by atomic mass is 9.88. The van der Waals surface area contributed by atoms with Crippen LogP contribution in [0.1, 0.15) is 51.2 Å². The molecule has 0 bridgehead atoms. The van der Waals surface area contributed by atoms with E-state index < -0.39 is 0 Å². The van der Waals surface area contributed by atoms with E-state index >= 15 is 0 Å². The minimum absolute atomic E-state index is 0.228. The molecule has 16 heavy (non-hydrogen) atoms. The van der Waals surface area contributed by atoms with Crippen molar-refractivity contribution in [2.75, 3.05) is 0 Å². The molecule has 2 rings (SSSR count). The van der Waals surface area contributed by atoms with Gasteiger partial charge in [-0.25, -0.2) is 0 Å². The Morgan fingerprint density at radius 1 is 1.12 bits per heavy atom. The molecule has 0 amide bonds. The number of hydrogen-bond donors (Lipinski definition) is 0. The van der Waals surface area contributed by atoms with Crippen molar-refractivity contribution >= 4 is 0 Å². The van der Waals surface area contributed by atoms with Crippen molar-refractivity contribution < 1.29 is 4.74 Å². The van der Waals surface area contributed by atoms with Crippen LogP contribution in [0, 0.1) is 5.92 Å². The molecule has 1 unspecified atom stereocenters. The van der Waals surface area contributed by atoms with Gasteiger partial charge in [0.25, 0.3) is 0 Å². The molecular weight excluding hydrogens is 196 g/mol. The van der Waals surface area contributed by atoms with Crippen LogP contribution < -0.4 is 0 Å². The van der Waals surface area contributed by atoms with Crippen molar-refractivity contribution in [2.24, 2.45) is 5.92 Å². The molecule has 1 aliphatic carbocycles. The Morgan fingerprint density at radius 2 is 1.81 bits per heavy atom. The van der Waals surface area contributed by atoms with E-state index in [4.69, 9.17) is 4.74 Å². The minimum atomic E-state index is 0.228. The third kappa shape index (κ3) is 2.85. The molecule has 0 heterocycles. The van der Waals surface area contributed by atoms with E-state index in [1.807, 2.05) is 0 Å². The molecule has 1 aliphatic rings. The molecule has 88 valence electrons. The second-order valence-corrected chi connectivity index (χ2v) is 4.99. The van der Waals surface area contributed by atoms with Crippen LogP contribution in [0.3, 0.4) is 0 Å². The highest BCUT2D eigenvalue weighted by Gasteiger charge is 2.23. The minimum Gasteiger partial charge on any atom is -0.370 e. The lowest BCUT2D eigenvalue weighted by Crippen LogP contribution is -2.26. The molecule has 0 N–H and O–H groups in total. The second-order valence-electron chi connectivity index (χ2n) is 4.99. The first-order valence-electron chi connectivity index (χ1n) is 6.48. The first-order chi connectivity index (χ1) is 7.77. The average molecular weight is 218 g/mol. The normalized spacial score (nSPS) is 27.6. The van der Waals surface area contributed by atoms with Gasteiger partial charge < -0.3 is 4.74 Å². The van der Waals surface area contributed by atoms with E-state index in [1.165, 1.54) is 31.2 Å². The van der Waals surface area contributed by atoms with Crippen LogP contribution in [0.15, 0.2) is 30.3 Å². The summed E-state index contributed by atoms with van der Waals surface area (Å²) in [6.07, 6.45) is 5.96. The maximum atomic E-state index is 6.19. The van der Waals surface area contributed by atoms with Crippen LogP contribution in [0.4, 0.5) is 0 Å². The van der Waals surface area contributed by atoms with Crippen LogP contribution in [0.5, 0.6) is 0 Å². The Labute approximate surface area is 98.8 Å². The molecule has 1 fully saturated rings. The van der Waals surface area contributed by atoms with Gasteiger partial charge in [-0.3, -0.25) is 0 Å². The van der Waals surface area contributed by atoms with Gasteiger partial charge in [0, 0.05) is 0 Å². The number of hydrogen-bond acceptors (Lipinski definition) is 1. The van der Waals surface area contributed by atoms with Crippen LogP contribution >= 0.6 is 0 Å². The molecule has 0 saturated heterocycles. The van der Waals surface area contributed by atoms with Crippen LogP contribution in [-0.2, 0) is 4.74 Å². The summed E-state index contributed by atoms with van der Waals surface area (Å²) in [4.78, 5) is 0. The van der Waals surface area contributed by atoms with Gasteiger partial charge in [-0.05, 0) is 31.2 Å². The maximum Gasteiger partial charge on any atom is 0.0800 e. The van der Waals surface area contributed by atoms with Crippen molar-refractivity contribution in [2.45, 2.75) is 51.7 Å².